The molecule has 0 spiro atoms. The third-order valence-corrected chi connectivity index (χ3v) is 1.36. The number of hydrogen-bond donors (Lipinski definition) is 1. The minimum atomic E-state index is -0.0894. The molecule has 0 fully saturated rings. The minimum absolute atomic E-state index is 0.0724. The van der Waals surface area contributed by atoms with Gasteiger partial charge in [-0.25, -0.2) is 5.43 Å². The summed E-state index contributed by atoms with van der Waals surface area (Å²) >= 11 is 0. The van der Waals surface area contributed by atoms with Crippen LogP contribution in [0.4, 0.5) is 0 Å². The molecular weight excluding hydrogens is 164 g/mol. The zero-order valence-electron chi connectivity index (χ0n) is 9.05. The van der Waals surface area contributed by atoms with E-state index in [1.54, 1.807) is 5.01 Å². The summed E-state index contributed by atoms with van der Waals surface area (Å²) in [5.41, 5.74) is 3.03. The van der Waals surface area contributed by atoms with E-state index >= 15 is 0 Å². The Morgan fingerprint density at radius 1 is 1.54 bits per heavy atom. The van der Waals surface area contributed by atoms with Crippen molar-refractivity contribution < 1.29 is 4.79 Å². The largest absolute Gasteiger partial charge is 0.274 e. The summed E-state index contributed by atoms with van der Waals surface area (Å²) in [5.74, 6) is -0.0724. The molecule has 0 bridgehead atoms. The molecule has 76 valence electrons. The van der Waals surface area contributed by atoms with Crippen molar-refractivity contribution in [2.75, 3.05) is 6.54 Å². The Kier molecular flexibility index (Phi) is 4.70. The first-order valence-electron chi connectivity index (χ1n) is 4.62. The van der Waals surface area contributed by atoms with E-state index in [4.69, 9.17) is 0 Å². The highest BCUT2D eigenvalue weighted by atomic mass is 16.2. The van der Waals surface area contributed by atoms with Crippen molar-refractivity contribution in [2.24, 2.45) is 0 Å². The van der Waals surface area contributed by atoms with Gasteiger partial charge >= 0.3 is 0 Å². The van der Waals surface area contributed by atoms with Crippen LogP contribution in [0, 0.1) is 0 Å². The highest BCUT2D eigenvalue weighted by Crippen LogP contribution is 2.02. The molecule has 1 amide bonds. The zero-order valence-corrected chi connectivity index (χ0v) is 9.05. The Balaban J connectivity index is 4.25. The number of rotatable bonds is 4. The van der Waals surface area contributed by atoms with Crippen LogP contribution in [0.5, 0.6) is 0 Å². The molecule has 0 aliphatic rings. The second kappa shape index (κ2) is 5.02. The molecular formula is C10H20N2O. The van der Waals surface area contributed by atoms with E-state index in [9.17, 15) is 4.79 Å². The summed E-state index contributed by atoms with van der Waals surface area (Å²) in [4.78, 5) is 11.3. The van der Waals surface area contributed by atoms with Crippen LogP contribution in [0.25, 0.3) is 0 Å². The van der Waals surface area contributed by atoms with Gasteiger partial charge < -0.3 is 0 Å². The molecule has 0 aromatic heterocycles. The fourth-order valence-corrected chi connectivity index (χ4v) is 0.960. The first-order chi connectivity index (χ1) is 5.90. The fourth-order valence-electron chi connectivity index (χ4n) is 0.960. The quantitative estimate of drug-likeness (QED) is 0.533. The van der Waals surface area contributed by atoms with Crippen LogP contribution in [0.1, 0.15) is 34.1 Å². The fraction of sp³-hybridized carbons (Fsp3) is 0.700. The predicted molar refractivity (Wildman–Crippen MR) is 55.1 cm³/mol. The van der Waals surface area contributed by atoms with Crippen LogP contribution in [-0.2, 0) is 4.79 Å². The lowest BCUT2D eigenvalue weighted by Crippen LogP contribution is -2.51. The van der Waals surface area contributed by atoms with Crippen LogP contribution >= 0.6 is 0 Å². The minimum Gasteiger partial charge on any atom is -0.274 e. The van der Waals surface area contributed by atoms with Gasteiger partial charge in [-0.2, -0.15) is 0 Å². The third-order valence-electron chi connectivity index (χ3n) is 1.36. The Bertz CT molecular complexity index is 182. The van der Waals surface area contributed by atoms with Gasteiger partial charge in [0.15, 0.2) is 0 Å². The van der Waals surface area contributed by atoms with Gasteiger partial charge in [0.25, 0.3) is 5.91 Å². The van der Waals surface area contributed by atoms with Crippen molar-refractivity contribution >= 4 is 5.91 Å². The number of nitrogens with one attached hydrogen (secondary N) is 1. The maximum atomic E-state index is 11.3. The van der Waals surface area contributed by atoms with Crippen molar-refractivity contribution in [3.8, 4) is 0 Å². The predicted octanol–water partition coefficient (Wildman–Crippen LogP) is 1.71. The first kappa shape index (κ1) is 12.2. The average molecular weight is 184 g/mol. The molecule has 3 heteroatoms. The molecule has 0 aliphatic carbocycles. The number of carbonyl (C=O) groups is 1. The lowest BCUT2D eigenvalue weighted by Gasteiger charge is -2.30. The molecule has 13 heavy (non-hydrogen) atoms. The molecule has 0 aromatic rings. The van der Waals surface area contributed by atoms with Crippen molar-refractivity contribution in [1.29, 1.82) is 0 Å². The number of amides is 1. The second-order valence-electron chi connectivity index (χ2n) is 4.06. The third kappa shape index (κ3) is 5.42. The Morgan fingerprint density at radius 3 is 2.38 bits per heavy atom. The van der Waals surface area contributed by atoms with E-state index in [1.165, 1.54) is 6.08 Å². The maximum Gasteiger partial charge on any atom is 0.260 e. The van der Waals surface area contributed by atoms with Gasteiger partial charge in [-0.3, -0.25) is 9.80 Å². The molecule has 3 nitrogen and oxygen atoms in total. The molecule has 0 aliphatic heterocycles. The van der Waals surface area contributed by atoms with Gasteiger partial charge in [0, 0.05) is 12.1 Å². The second-order valence-corrected chi connectivity index (χ2v) is 4.06. The molecule has 0 rings (SSSR count). The summed E-state index contributed by atoms with van der Waals surface area (Å²) in [5, 5.41) is 1.60. The van der Waals surface area contributed by atoms with E-state index in [-0.39, 0.29) is 11.4 Å². The van der Waals surface area contributed by atoms with Crippen molar-refractivity contribution in [1.82, 2.24) is 10.4 Å². The highest BCUT2D eigenvalue weighted by molar-refractivity contribution is 5.86. The van der Waals surface area contributed by atoms with Gasteiger partial charge in [0.05, 0.1) is 0 Å². The van der Waals surface area contributed by atoms with Crippen LogP contribution < -0.4 is 5.43 Å². The van der Waals surface area contributed by atoms with Crippen molar-refractivity contribution in [2.45, 2.75) is 39.7 Å². The maximum absolute atomic E-state index is 11.3. The Morgan fingerprint density at radius 2 is 2.08 bits per heavy atom. The first-order valence-corrected chi connectivity index (χ1v) is 4.62. The molecule has 0 saturated heterocycles. The zero-order chi connectivity index (χ0) is 10.5. The molecule has 0 unspecified atom stereocenters. The standard InChI is InChI=1S/C10H20N2O/c1-6-8-12(9(13)7-2)11-10(3,4)5/h7,11H,2,6,8H2,1,3-5H3. The van der Waals surface area contributed by atoms with Gasteiger partial charge in [0.2, 0.25) is 0 Å². The molecule has 0 radical (unpaired) electrons. The van der Waals surface area contributed by atoms with Gasteiger partial charge in [-0.05, 0) is 33.3 Å². The van der Waals surface area contributed by atoms with E-state index in [0.717, 1.165) is 6.42 Å². The van der Waals surface area contributed by atoms with Crippen LogP contribution in [0.3, 0.4) is 0 Å². The lowest BCUT2D eigenvalue weighted by molar-refractivity contribution is -0.130. The number of hydrazine groups is 1. The van der Waals surface area contributed by atoms with Gasteiger partial charge in [0.1, 0.15) is 0 Å². The van der Waals surface area contributed by atoms with E-state index in [2.05, 4.69) is 12.0 Å². The average Bonchev–Trinajstić information content (AvgIpc) is 2.00. The number of nitrogens with zero attached hydrogens (tertiary/aromatic N) is 1. The summed E-state index contributed by atoms with van der Waals surface area (Å²) in [7, 11) is 0. The monoisotopic (exact) mass is 184 g/mol. The summed E-state index contributed by atoms with van der Waals surface area (Å²) < 4.78 is 0. The van der Waals surface area contributed by atoms with Crippen molar-refractivity contribution in [3.63, 3.8) is 0 Å². The topological polar surface area (TPSA) is 32.3 Å². The smallest absolute Gasteiger partial charge is 0.260 e. The van der Waals surface area contributed by atoms with E-state index in [1.807, 2.05) is 27.7 Å². The number of hydrogen-bond acceptors (Lipinski definition) is 2. The SMILES string of the molecule is C=CC(=O)N(CCC)NC(C)(C)C. The van der Waals surface area contributed by atoms with Crippen LogP contribution in [0.2, 0.25) is 0 Å². The Hall–Kier alpha value is -0.830. The van der Waals surface area contributed by atoms with Gasteiger partial charge in [-0.15, -0.1) is 0 Å². The van der Waals surface area contributed by atoms with Crippen LogP contribution in [-0.4, -0.2) is 23.0 Å². The molecule has 0 heterocycles. The number of carbonyl (C=O) groups excluding carboxylic acids is 1. The Labute approximate surface area is 80.8 Å². The molecule has 1 N–H and O–H groups in total. The highest BCUT2D eigenvalue weighted by Gasteiger charge is 2.16. The molecule has 0 aromatic carbocycles. The van der Waals surface area contributed by atoms with Crippen molar-refractivity contribution in [3.05, 3.63) is 12.7 Å². The van der Waals surface area contributed by atoms with Gasteiger partial charge in [-0.1, -0.05) is 13.5 Å². The normalized spacial score (nSPS) is 11.1. The van der Waals surface area contributed by atoms with E-state index in [0.29, 0.717) is 6.54 Å². The molecule has 0 saturated carbocycles. The summed E-state index contributed by atoms with van der Waals surface area (Å²) in [6.07, 6.45) is 2.26. The van der Waals surface area contributed by atoms with E-state index < -0.39 is 0 Å². The summed E-state index contributed by atoms with van der Waals surface area (Å²) in [6.45, 7) is 12.3. The lowest BCUT2D eigenvalue weighted by atomic mass is 10.1. The molecule has 0 atom stereocenters. The van der Waals surface area contributed by atoms with Crippen LogP contribution in [0.15, 0.2) is 12.7 Å². The summed E-state index contributed by atoms with van der Waals surface area (Å²) in [6, 6.07) is 0.